The number of carbonyl (C=O) groups excluding carboxylic acids is 1. The molecule has 2 saturated heterocycles. The smallest absolute Gasteiger partial charge is 0.245 e. The van der Waals surface area contributed by atoms with Crippen molar-refractivity contribution in [2.24, 2.45) is 0 Å². The normalized spacial score (nSPS) is 23.0. The Labute approximate surface area is 160 Å². The maximum atomic E-state index is 12.9. The molecule has 1 aromatic rings. The standard InChI is InChI=1S/C17H28N6O3S/c1-2-8-22(15-7-11-27(25,26)14-15)17(24)13-23-16(18-19-20-23)12-21-9-5-3-4-6-10-21/h2,15H,1,3-14H2. The molecule has 2 aliphatic rings. The molecule has 0 radical (unpaired) electrons. The van der Waals surface area contributed by atoms with Gasteiger partial charge in [-0.2, -0.15) is 0 Å². The number of amides is 1. The molecule has 0 bridgehead atoms. The van der Waals surface area contributed by atoms with Crippen LogP contribution < -0.4 is 0 Å². The van der Waals surface area contributed by atoms with Gasteiger partial charge in [0, 0.05) is 12.6 Å². The van der Waals surface area contributed by atoms with Gasteiger partial charge >= 0.3 is 0 Å². The Hall–Kier alpha value is -1.81. The van der Waals surface area contributed by atoms with Gasteiger partial charge in [-0.25, -0.2) is 13.1 Å². The van der Waals surface area contributed by atoms with Crippen LogP contribution in [0.25, 0.3) is 0 Å². The summed E-state index contributed by atoms with van der Waals surface area (Å²) in [6, 6.07) is -0.300. The minimum atomic E-state index is -3.07. The van der Waals surface area contributed by atoms with Crippen molar-refractivity contribution in [2.75, 3.05) is 31.1 Å². The van der Waals surface area contributed by atoms with E-state index in [0.29, 0.717) is 25.3 Å². The highest BCUT2D eigenvalue weighted by molar-refractivity contribution is 7.91. The van der Waals surface area contributed by atoms with Crippen molar-refractivity contribution in [2.45, 2.75) is 51.2 Å². The molecule has 1 aromatic heterocycles. The molecule has 27 heavy (non-hydrogen) atoms. The molecule has 1 atom stereocenters. The van der Waals surface area contributed by atoms with Crippen LogP contribution in [0.4, 0.5) is 0 Å². The van der Waals surface area contributed by atoms with Crippen molar-refractivity contribution >= 4 is 15.7 Å². The van der Waals surface area contributed by atoms with E-state index in [0.717, 1.165) is 13.1 Å². The number of hydrogen-bond donors (Lipinski definition) is 0. The Balaban J connectivity index is 1.65. The molecule has 150 valence electrons. The summed E-state index contributed by atoms with van der Waals surface area (Å²) in [6.07, 6.45) is 6.94. The third-order valence-corrected chi connectivity index (χ3v) is 7.00. The predicted octanol–water partition coefficient (Wildman–Crippen LogP) is 0.251. The number of rotatable bonds is 7. The zero-order valence-electron chi connectivity index (χ0n) is 15.7. The molecular formula is C17H28N6O3S. The number of tetrazole rings is 1. The van der Waals surface area contributed by atoms with Crippen LogP contribution in [0.2, 0.25) is 0 Å². The van der Waals surface area contributed by atoms with Gasteiger partial charge in [0.05, 0.1) is 18.1 Å². The lowest BCUT2D eigenvalue weighted by atomic mass is 10.2. The first-order valence-corrected chi connectivity index (χ1v) is 11.4. The Morgan fingerprint density at radius 2 is 2.00 bits per heavy atom. The summed E-state index contributed by atoms with van der Waals surface area (Å²) in [5.41, 5.74) is 0. The fraction of sp³-hybridized carbons (Fsp3) is 0.765. The minimum absolute atomic E-state index is 0.0144. The highest BCUT2D eigenvalue weighted by Crippen LogP contribution is 2.18. The zero-order chi connectivity index (χ0) is 19.3. The molecule has 3 rings (SSSR count). The molecule has 0 aliphatic carbocycles. The van der Waals surface area contributed by atoms with Gasteiger partial charge in [0.1, 0.15) is 6.54 Å². The maximum absolute atomic E-state index is 12.9. The fourth-order valence-corrected chi connectivity index (χ4v) is 5.52. The Bertz CT molecular complexity index is 754. The van der Waals surface area contributed by atoms with E-state index in [-0.39, 0.29) is 30.0 Å². The highest BCUT2D eigenvalue weighted by atomic mass is 32.2. The minimum Gasteiger partial charge on any atom is -0.333 e. The predicted molar refractivity (Wildman–Crippen MR) is 101 cm³/mol. The van der Waals surface area contributed by atoms with E-state index in [9.17, 15) is 13.2 Å². The second-order valence-corrected chi connectivity index (χ2v) is 9.56. The Morgan fingerprint density at radius 3 is 2.63 bits per heavy atom. The molecule has 3 heterocycles. The number of aromatic nitrogens is 4. The van der Waals surface area contributed by atoms with Gasteiger partial charge in [0.25, 0.3) is 0 Å². The van der Waals surface area contributed by atoms with Crippen molar-refractivity contribution < 1.29 is 13.2 Å². The molecule has 0 saturated carbocycles. The van der Waals surface area contributed by atoms with Crippen molar-refractivity contribution in [3.63, 3.8) is 0 Å². The number of nitrogens with zero attached hydrogens (tertiary/aromatic N) is 6. The van der Waals surface area contributed by atoms with E-state index in [1.54, 1.807) is 11.0 Å². The third-order valence-electron chi connectivity index (χ3n) is 5.25. The summed E-state index contributed by atoms with van der Waals surface area (Å²) >= 11 is 0. The second-order valence-electron chi connectivity index (χ2n) is 7.33. The van der Waals surface area contributed by atoms with Gasteiger partial charge in [0.15, 0.2) is 15.7 Å². The van der Waals surface area contributed by atoms with Crippen LogP contribution in [0.3, 0.4) is 0 Å². The quantitative estimate of drug-likeness (QED) is 0.609. The van der Waals surface area contributed by atoms with Gasteiger partial charge in [-0.05, 0) is 42.8 Å². The van der Waals surface area contributed by atoms with E-state index < -0.39 is 9.84 Å². The SMILES string of the molecule is C=CCN(C(=O)Cn1nnnc1CN1CCCCCC1)C1CCS(=O)(=O)C1. The lowest BCUT2D eigenvalue weighted by Crippen LogP contribution is -2.43. The second kappa shape index (κ2) is 8.92. The number of likely N-dealkylation sites (tertiary alicyclic amines) is 1. The first-order chi connectivity index (χ1) is 13.0. The highest BCUT2D eigenvalue weighted by Gasteiger charge is 2.34. The molecule has 1 amide bonds. The first kappa shape index (κ1) is 19.9. The van der Waals surface area contributed by atoms with Crippen LogP contribution in [0.15, 0.2) is 12.7 Å². The van der Waals surface area contributed by atoms with Gasteiger partial charge < -0.3 is 4.90 Å². The van der Waals surface area contributed by atoms with Gasteiger partial charge in [-0.1, -0.05) is 18.9 Å². The maximum Gasteiger partial charge on any atom is 0.245 e. The average Bonchev–Trinajstić information content (AvgIpc) is 3.10. The van der Waals surface area contributed by atoms with Crippen LogP contribution in [0.5, 0.6) is 0 Å². The van der Waals surface area contributed by atoms with Gasteiger partial charge in [0.2, 0.25) is 5.91 Å². The summed E-state index contributed by atoms with van der Waals surface area (Å²) in [7, 11) is -3.07. The molecule has 1 unspecified atom stereocenters. The van der Waals surface area contributed by atoms with Crippen LogP contribution in [-0.4, -0.2) is 81.5 Å². The lowest BCUT2D eigenvalue weighted by molar-refractivity contribution is -0.133. The summed E-state index contributed by atoms with van der Waals surface area (Å²) in [4.78, 5) is 16.8. The summed E-state index contributed by atoms with van der Waals surface area (Å²) in [5.74, 6) is 0.635. The van der Waals surface area contributed by atoms with Crippen LogP contribution in [-0.2, 0) is 27.7 Å². The van der Waals surface area contributed by atoms with Crippen molar-refractivity contribution in [1.82, 2.24) is 30.0 Å². The summed E-state index contributed by atoms with van der Waals surface area (Å²) in [5, 5.41) is 11.8. The number of sulfone groups is 1. The molecule has 0 aromatic carbocycles. The lowest BCUT2D eigenvalue weighted by Gasteiger charge is -2.27. The number of hydrogen-bond acceptors (Lipinski definition) is 7. The van der Waals surface area contributed by atoms with E-state index in [4.69, 9.17) is 0 Å². The van der Waals surface area contributed by atoms with E-state index in [1.807, 2.05) is 0 Å². The molecule has 0 spiro atoms. The molecule has 0 N–H and O–H groups in total. The summed E-state index contributed by atoms with van der Waals surface area (Å²) < 4.78 is 25.1. The topological polar surface area (TPSA) is 101 Å². The molecule has 9 nitrogen and oxygen atoms in total. The van der Waals surface area contributed by atoms with Crippen LogP contribution in [0.1, 0.15) is 37.9 Å². The van der Waals surface area contributed by atoms with E-state index in [2.05, 4.69) is 27.0 Å². The third kappa shape index (κ3) is 5.35. The first-order valence-electron chi connectivity index (χ1n) is 9.57. The zero-order valence-corrected chi connectivity index (χ0v) is 16.5. The monoisotopic (exact) mass is 396 g/mol. The van der Waals surface area contributed by atoms with Gasteiger partial charge in [-0.15, -0.1) is 11.7 Å². The van der Waals surface area contributed by atoms with Gasteiger partial charge in [-0.3, -0.25) is 9.69 Å². The van der Waals surface area contributed by atoms with Crippen molar-refractivity contribution in [1.29, 1.82) is 0 Å². The molecule has 10 heteroatoms. The largest absolute Gasteiger partial charge is 0.333 e. The number of carbonyl (C=O) groups is 1. The van der Waals surface area contributed by atoms with Crippen LogP contribution >= 0.6 is 0 Å². The van der Waals surface area contributed by atoms with Crippen molar-refractivity contribution in [3.8, 4) is 0 Å². The average molecular weight is 397 g/mol. The van der Waals surface area contributed by atoms with E-state index >= 15 is 0 Å². The molecule has 2 aliphatic heterocycles. The Morgan fingerprint density at radius 1 is 1.26 bits per heavy atom. The van der Waals surface area contributed by atoms with Crippen molar-refractivity contribution in [3.05, 3.63) is 18.5 Å². The fourth-order valence-electron chi connectivity index (χ4n) is 3.79. The van der Waals surface area contributed by atoms with E-state index in [1.165, 1.54) is 30.4 Å². The Kier molecular flexibility index (Phi) is 6.59. The van der Waals surface area contributed by atoms with Crippen LogP contribution in [0, 0.1) is 0 Å². The molecule has 2 fully saturated rings. The summed E-state index contributed by atoms with van der Waals surface area (Å²) in [6.45, 7) is 6.69. The molecular weight excluding hydrogens is 368 g/mol.